The Morgan fingerprint density at radius 1 is 1.15 bits per heavy atom. The molecule has 0 saturated carbocycles. The van der Waals surface area contributed by atoms with Crippen LogP contribution in [-0.2, 0) is 0 Å². The second kappa shape index (κ2) is 6.13. The molecule has 27 heavy (non-hydrogen) atoms. The maximum absolute atomic E-state index is 14.0. The molecule has 7 heteroatoms. The van der Waals surface area contributed by atoms with Gasteiger partial charge in [-0.15, -0.1) is 11.3 Å². The van der Waals surface area contributed by atoms with E-state index in [4.69, 9.17) is 0 Å². The molecule has 0 unspecified atom stereocenters. The Balaban J connectivity index is 1.75. The molecule has 0 spiro atoms. The van der Waals surface area contributed by atoms with Gasteiger partial charge in [0.1, 0.15) is 27.2 Å². The van der Waals surface area contributed by atoms with Crippen LogP contribution in [0.3, 0.4) is 0 Å². The van der Waals surface area contributed by atoms with Crippen molar-refractivity contribution in [2.45, 2.75) is 19.8 Å². The van der Waals surface area contributed by atoms with Crippen LogP contribution in [0.15, 0.2) is 41.6 Å². The lowest BCUT2D eigenvalue weighted by Crippen LogP contribution is -2.19. The predicted molar refractivity (Wildman–Crippen MR) is 107 cm³/mol. The van der Waals surface area contributed by atoms with E-state index in [2.05, 4.69) is 14.9 Å². The molecule has 0 aliphatic carbocycles. The number of aromatic nitrogens is 3. The van der Waals surface area contributed by atoms with Crippen LogP contribution in [0.4, 0.5) is 10.1 Å². The Morgan fingerprint density at radius 2 is 1.96 bits per heavy atom. The molecule has 0 atom stereocenters. The number of rotatable bonds is 2. The predicted octanol–water partition coefficient (Wildman–Crippen LogP) is 4.04. The third kappa shape index (κ3) is 2.53. The molecule has 1 fully saturated rings. The van der Waals surface area contributed by atoms with E-state index in [1.165, 1.54) is 41.1 Å². The lowest BCUT2D eigenvalue weighted by Gasteiger charge is -2.18. The molecule has 0 amide bonds. The monoisotopic (exact) mass is 380 g/mol. The van der Waals surface area contributed by atoms with E-state index in [1.54, 1.807) is 25.3 Å². The highest BCUT2D eigenvalue weighted by atomic mass is 32.1. The number of thiophene rings is 1. The summed E-state index contributed by atoms with van der Waals surface area (Å²) < 4.78 is 15.9. The van der Waals surface area contributed by atoms with Gasteiger partial charge in [0.2, 0.25) is 0 Å². The van der Waals surface area contributed by atoms with Gasteiger partial charge >= 0.3 is 0 Å². The van der Waals surface area contributed by atoms with Crippen molar-refractivity contribution >= 4 is 37.5 Å². The maximum Gasteiger partial charge on any atom is 0.275 e. The standard InChI is InChI=1S/C20H17FN4OS/c1-12-4-5-13(10-14(12)21)25-11-23-17-16-15(24-8-2-3-9-24)6-7-22-19(16)27-18(17)20(25)26/h4-7,10-11H,2-3,8-9H2,1H3. The molecule has 0 bridgehead atoms. The molecule has 5 rings (SSSR count). The average molecular weight is 380 g/mol. The second-order valence-electron chi connectivity index (χ2n) is 6.84. The lowest BCUT2D eigenvalue weighted by molar-refractivity contribution is 0.617. The highest BCUT2D eigenvalue weighted by Gasteiger charge is 2.21. The first kappa shape index (κ1) is 16.4. The van der Waals surface area contributed by atoms with E-state index in [0.29, 0.717) is 21.5 Å². The van der Waals surface area contributed by atoms with Crippen LogP contribution in [0.25, 0.3) is 26.1 Å². The zero-order valence-electron chi connectivity index (χ0n) is 14.8. The lowest BCUT2D eigenvalue weighted by atomic mass is 10.2. The minimum Gasteiger partial charge on any atom is -0.371 e. The summed E-state index contributed by atoms with van der Waals surface area (Å²) in [5.41, 5.74) is 2.59. The third-order valence-corrected chi connectivity index (χ3v) is 6.22. The van der Waals surface area contributed by atoms with E-state index in [-0.39, 0.29) is 11.4 Å². The van der Waals surface area contributed by atoms with E-state index in [9.17, 15) is 9.18 Å². The average Bonchev–Trinajstić information content (AvgIpc) is 3.32. The molecule has 136 valence electrons. The fourth-order valence-electron chi connectivity index (χ4n) is 3.67. The Kier molecular flexibility index (Phi) is 3.72. The van der Waals surface area contributed by atoms with Crippen molar-refractivity contribution in [1.82, 2.24) is 14.5 Å². The van der Waals surface area contributed by atoms with E-state index in [1.807, 2.05) is 6.07 Å². The van der Waals surface area contributed by atoms with Crippen LogP contribution in [0.5, 0.6) is 0 Å². The van der Waals surface area contributed by atoms with Gasteiger partial charge in [0.05, 0.1) is 16.8 Å². The summed E-state index contributed by atoms with van der Waals surface area (Å²) in [6.45, 7) is 3.72. The second-order valence-corrected chi connectivity index (χ2v) is 7.84. The molecule has 1 aliphatic rings. The van der Waals surface area contributed by atoms with Crippen molar-refractivity contribution in [2.75, 3.05) is 18.0 Å². The van der Waals surface area contributed by atoms with Crippen molar-refractivity contribution in [3.8, 4) is 5.69 Å². The molecule has 1 saturated heterocycles. The minimum absolute atomic E-state index is 0.196. The highest BCUT2D eigenvalue weighted by molar-refractivity contribution is 7.25. The molecule has 4 aromatic rings. The Hall–Kier alpha value is -2.80. The van der Waals surface area contributed by atoms with Crippen LogP contribution in [0, 0.1) is 12.7 Å². The van der Waals surface area contributed by atoms with Gasteiger partial charge in [0.25, 0.3) is 5.56 Å². The van der Waals surface area contributed by atoms with Gasteiger partial charge in [-0.05, 0) is 43.5 Å². The first-order valence-corrected chi connectivity index (χ1v) is 9.75. The van der Waals surface area contributed by atoms with Crippen molar-refractivity contribution in [3.05, 3.63) is 58.5 Å². The molecular formula is C20H17FN4OS. The number of halogens is 1. The molecule has 1 aromatic carbocycles. The molecule has 4 heterocycles. The van der Waals surface area contributed by atoms with Gasteiger partial charge in [-0.2, -0.15) is 0 Å². The number of fused-ring (bicyclic) bond motifs is 3. The van der Waals surface area contributed by atoms with E-state index < -0.39 is 0 Å². The third-order valence-electron chi connectivity index (χ3n) is 5.14. The summed E-state index contributed by atoms with van der Waals surface area (Å²) in [5, 5.41) is 0.943. The zero-order valence-corrected chi connectivity index (χ0v) is 15.6. The molecular weight excluding hydrogens is 363 g/mol. The number of aryl methyl sites for hydroxylation is 1. The summed E-state index contributed by atoms with van der Waals surface area (Å²) >= 11 is 1.35. The Labute approximate surface area is 158 Å². The quantitative estimate of drug-likeness (QED) is 0.527. The zero-order chi connectivity index (χ0) is 18.5. The summed E-state index contributed by atoms with van der Waals surface area (Å²) in [7, 11) is 0. The first-order chi connectivity index (χ1) is 13.1. The van der Waals surface area contributed by atoms with Crippen molar-refractivity contribution < 1.29 is 4.39 Å². The number of hydrogen-bond acceptors (Lipinski definition) is 5. The number of benzene rings is 1. The van der Waals surface area contributed by atoms with Gasteiger partial charge in [0.15, 0.2) is 0 Å². The largest absolute Gasteiger partial charge is 0.371 e. The molecule has 3 aromatic heterocycles. The van der Waals surface area contributed by atoms with Gasteiger partial charge in [-0.25, -0.2) is 14.4 Å². The summed E-state index contributed by atoms with van der Waals surface area (Å²) in [6, 6.07) is 6.77. The number of pyridine rings is 1. The van der Waals surface area contributed by atoms with Gasteiger partial charge in [-0.1, -0.05) is 6.07 Å². The van der Waals surface area contributed by atoms with Gasteiger partial charge < -0.3 is 4.90 Å². The first-order valence-electron chi connectivity index (χ1n) is 8.94. The maximum atomic E-state index is 14.0. The summed E-state index contributed by atoms with van der Waals surface area (Å²) in [5.74, 6) is -0.339. The number of hydrogen-bond donors (Lipinski definition) is 0. The normalized spacial score (nSPS) is 14.5. The van der Waals surface area contributed by atoms with Crippen LogP contribution in [-0.4, -0.2) is 27.6 Å². The SMILES string of the molecule is Cc1ccc(-n2cnc3c(sc4nccc(N5CCCC5)c43)c2=O)cc1F. The van der Waals surface area contributed by atoms with E-state index >= 15 is 0 Å². The Morgan fingerprint density at radius 3 is 2.74 bits per heavy atom. The summed E-state index contributed by atoms with van der Waals surface area (Å²) in [6.07, 6.45) is 5.62. The fourth-order valence-corrected chi connectivity index (χ4v) is 4.72. The van der Waals surface area contributed by atoms with Gasteiger partial charge in [-0.3, -0.25) is 9.36 Å². The molecule has 5 nitrogen and oxygen atoms in total. The van der Waals surface area contributed by atoms with Crippen molar-refractivity contribution in [3.63, 3.8) is 0 Å². The smallest absolute Gasteiger partial charge is 0.275 e. The highest BCUT2D eigenvalue weighted by Crippen LogP contribution is 2.37. The van der Waals surface area contributed by atoms with Crippen LogP contribution in [0.2, 0.25) is 0 Å². The Bertz CT molecular complexity index is 1240. The van der Waals surface area contributed by atoms with E-state index in [0.717, 1.165) is 29.0 Å². The molecule has 0 N–H and O–H groups in total. The van der Waals surface area contributed by atoms with Crippen LogP contribution >= 0.6 is 11.3 Å². The van der Waals surface area contributed by atoms with Crippen molar-refractivity contribution in [1.29, 1.82) is 0 Å². The van der Waals surface area contributed by atoms with Crippen molar-refractivity contribution in [2.24, 2.45) is 0 Å². The molecule has 1 aliphatic heterocycles. The van der Waals surface area contributed by atoms with Gasteiger partial charge in [0, 0.05) is 19.3 Å². The topological polar surface area (TPSA) is 51.0 Å². The summed E-state index contributed by atoms with van der Waals surface area (Å²) in [4.78, 5) is 25.3. The van der Waals surface area contributed by atoms with Crippen LogP contribution in [0.1, 0.15) is 18.4 Å². The fraction of sp³-hybridized carbons (Fsp3) is 0.250. The number of nitrogens with zero attached hydrogens (tertiary/aromatic N) is 4. The molecule has 0 radical (unpaired) electrons. The number of anilines is 1. The van der Waals surface area contributed by atoms with Crippen LogP contribution < -0.4 is 10.5 Å². The minimum atomic E-state index is -0.339.